The number of aromatic nitrogens is 2. The summed E-state index contributed by atoms with van der Waals surface area (Å²) >= 11 is 0. The van der Waals surface area contributed by atoms with Crippen molar-refractivity contribution in [3.8, 4) is 5.75 Å². The number of nitrogens with two attached hydrogens (primary N) is 1. The minimum Gasteiger partial charge on any atom is -0.495 e. The lowest BCUT2D eigenvalue weighted by Crippen LogP contribution is -2.32. The summed E-state index contributed by atoms with van der Waals surface area (Å²) in [7, 11) is 1.32. The van der Waals surface area contributed by atoms with Crippen molar-refractivity contribution in [3.63, 3.8) is 0 Å². The third-order valence-electron chi connectivity index (χ3n) is 3.80. The van der Waals surface area contributed by atoms with Crippen LogP contribution in [0.15, 0.2) is 24.4 Å². The van der Waals surface area contributed by atoms with Crippen LogP contribution in [0.2, 0.25) is 0 Å². The first kappa shape index (κ1) is 23.1. The van der Waals surface area contributed by atoms with Gasteiger partial charge in [-0.3, -0.25) is 4.79 Å². The molecular weight excluding hydrogens is 417 g/mol. The molecule has 0 aliphatic carbocycles. The number of hydrogen-bond acceptors (Lipinski definition) is 7. The fraction of sp³-hybridized carbons (Fsp3) is 0.353. The van der Waals surface area contributed by atoms with E-state index >= 15 is 0 Å². The Hall–Kier alpha value is -3.22. The lowest BCUT2D eigenvalue weighted by molar-refractivity contribution is -0.139. The number of alkyl halides is 5. The van der Waals surface area contributed by atoms with Gasteiger partial charge in [0.1, 0.15) is 23.2 Å². The molecule has 164 valence electrons. The predicted octanol–water partition coefficient (Wildman–Crippen LogP) is 2.88. The van der Waals surface area contributed by atoms with Crippen LogP contribution in [0.4, 0.5) is 39.4 Å². The number of halogens is 5. The number of nitrogens with one attached hydrogen (secondary N) is 2. The smallest absolute Gasteiger partial charge is 0.421 e. The average Bonchev–Trinajstić information content (AvgIpc) is 2.66. The molecule has 8 nitrogen and oxygen atoms in total. The van der Waals surface area contributed by atoms with Gasteiger partial charge < -0.3 is 26.2 Å². The van der Waals surface area contributed by atoms with Gasteiger partial charge in [-0.25, -0.2) is 13.8 Å². The number of aliphatic carboxylic acids is 1. The Morgan fingerprint density at radius 3 is 2.60 bits per heavy atom. The van der Waals surface area contributed by atoms with Gasteiger partial charge in [0.15, 0.2) is 0 Å². The van der Waals surface area contributed by atoms with Crippen LogP contribution in [-0.2, 0) is 17.4 Å². The molecule has 1 aromatic carbocycles. The number of carboxylic acids is 1. The van der Waals surface area contributed by atoms with E-state index < -0.39 is 42.5 Å². The monoisotopic (exact) mass is 435 g/mol. The Morgan fingerprint density at radius 2 is 2.03 bits per heavy atom. The minimum absolute atomic E-state index is 0.0183. The molecule has 0 amide bonds. The Labute approximate surface area is 167 Å². The van der Waals surface area contributed by atoms with Crippen molar-refractivity contribution in [2.24, 2.45) is 5.73 Å². The quantitative estimate of drug-likeness (QED) is 0.444. The molecule has 0 spiro atoms. The van der Waals surface area contributed by atoms with Crippen LogP contribution in [-0.4, -0.2) is 47.2 Å². The highest BCUT2D eigenvalue weighted by atomic mass is 19.4. The summed E-state index contributed by atoms with van der Waals surface area (Å²) in [5.74, 6) is -2.06. The van der Waals surface area contributed by atoms with Crippen molar-refractivity contribution in [2.75, 3.05) is 24.3 Å². The highest BCUT2D eigenvalue weighted by Crippen LogP contribution is 2.35. The van der Waals surface area contributed by atoms with Gasteiger partial charge in [0.25, 0.3) is 6.43 Å². The molecule has 5 N–H and O–H groups in total. The first-order chi connectivity index (χ1) is 14.0. The first-order valence-corrected chi connectivity index (χ1v) is 8.39. The molecular formula is C17H18F5N5O3. The van der Waals surface area contributed by atoms with Crippen LogP contribution in [0.25, 0.3) is 0 Å². The maximum absolute atomic E-state index is 13.1. The number of benzene rings is 1. The van der Waals surface area contributed by atoms with E-state index in [-0.39, 0.29) is 23.8 Å². The Morgan fingerprint density at radius 1 is 1.33 bits per heavy atom. The van der Waals surface area contributed by atoms with Gasteiger partial charge in [-0.05, 0) is 24.1 Å². The summed E-state index contributed by atoms with van der Waals surface area (Å²) in [6, 6.07) is 3.37. The number of anilines is 3. The molecule has 1 heterocycles. The summed E-state index contributed by atoms with van der Waals surface area (Å²) in [6.07, 6.45) is -7.24. The van der Waals surface area contributed by atoms with Crippen LogP contribution in [0.5, 0.6) is 5.75 Å². The number of nitrogens with zero attached hydrogens (tertiary/aromatic N) is 2. The molecule has 1 atom stereocenters. The zero-order valence-corrected chi connectivity index (χ0v) is 15.5. The van der Waals surface area contributed by atoms with Gasteiger partial charge in [-0.15, -0.1) is 0 Å². The topological polar surface area (TPSA) is 122 Å². The second-order valence-electron chi connectivity index (χ2n) is 6.03. The Balaban J connectivity index is 2.30. The lowest BCUT2D eigenvalue weighted by Gasteiger charge is -2.16. The first-order valence-electron chi connectivity index (χ1n) is 8.39. The lowest BCUT2D eigenvalue weighted by atomic mass is 10.1. The third kappa shape index (κ3) is 6.14. The molecule has 1 unspecified atom stereocenters. The molecule has 2 rings (SSSR count). The van der Waals surface area contributed by atoms with Crippen LogP contribution in [0.1, 0.15) is 11.1 Å². The largest absolute Gasteiger partial charge is 0.495 e. The molecule has 13 heteroatoms. The molecule has 0 saturated carbocycles. The average molecular weight is 435 g/mol. The van der Waals surface area contributed by atoms with E-state index in [1.54, 1.807) is 0 Å². The standard InChI is InChI=1S/C17H18F5N5O3/c1-30-12-5-8(4-10(23)15(28)29)2-3-11(12)26-16-25-6-9(17(20,21)22)14(27-16)24-7-13(18)19/h2-3,5-6,10,13H,4,7,23H2,1H3,(H,28,29)(H2,24,25,26,27). The van der Waals surface area contributed by atoms with Crippen molar-refractivity contribution in [1.82, 2.24) is 9.97 Å². The summed E-state index contributed by atoms with van der Waals surface area (Å²) in [5, 5.41) is 13.5. The third-order valence-corrected chi connectivity index (χ3v) is 3.80. The van der Waals surface area contributed by atoms with Crippen molar-refractivity contribution in [1.29, 1.82) is 0 Å². The van der Waals surface area contributed by atoms with Gasteiger partial charge >= 0.3 is 12.1 Å². The highest BCUT2D eigenvalue weighted by molar-refractivity contribution is 5.73. The van der Waals surface area contributed by atoms with Crippen molar-refractivity contribution >= 4 is 23.4 Å². The molecule has 2 aromatic rings. The maximum atomic E-state index is 13.1. The van der Waals surface area contributed by atoms with Crippen LogP contribution >= 0.6 is 0 Å². The summed E-state index contributed by atoms with van der Waals surface area (Å²) in [6.45, 7) is -1.03. The van der Waals surface area contributed by atoms with E-state index in [2.05, 4.69) is 15.3 Å². The Kier molecular flexibility index (Phi) is 7.32. The fourth-order valence-corrected chi connectivity index (χ4v) is 2.39. The molecule has 0 bridgehead atoms. The maximum Gasteiger partial charge on any atom is 0.421 e. The van der Waals surface area contributed by atoms with Gasteiger partial charge in [0.05, 0.1) is 19.3 Å². The molecule has 1 aromatic heterocycles. The SMILES string of the molecule is COc1cc(CC(N)C(=O)O)ccc1Nc1ncc(C(F)(F)F)c(NCC(F)F)n1. The van der Waals surface area contributed by atoms with Crippen LogP contribution in [0.3, 0.4) is 0 Å². The van der Waals surface area contributed by atoms with Gasteiger partial charge in [0, 0.05) is 6.20 Å². The fourth-order valence-electron chi connectivity index (χ4n) is 2.39. The van der Waals surface area contributed by atoms with Crippen molar-refractivity contribution in [2.45, 2.75) is 25.1 Å². The van der Waals surface area contributed by atoms with E-state index in [0.29, 0.717) is 11.8 Å². The zero-order valence-electron chi connectivity index (χ0n) is 15.5. The highest BCUT2D eigenvalue weighted by Gasteiger charge is 2.35. The van der Waals surface area contributed by atoms with Crippen molar-refractivity contribution in [3.05, 3.63) is 35.5 Å². The summed E-state index contributed by atoms with van der Waals surface area (Å²) in [5.41, 5.74) is 4.99. The van der Waals surface area contributed by atoms with E-state index in [1.165, 1.54) is 25.3 Å². The van der Waals surface area contributed by atoms with E-state index in [9.17, 15) is 26.7 Å². The molecule has 0 fully saturated rings. The second-order valence-corrected chi connectivity index (χ2v) is 6.03. The molecule has 0 saturated heterocycles. The number of carboxylic acid groups (broad SMARTS) is 1. The summed E-state index contributed by atoms with van der Waals surface area (Å²) < 4.78 is 69.2. The number of hydrogen-bond donors (Lipinski definition) is 4. The van der Waals surface area contributed by atoms with E-state index in [4.69, 9.17) is 15.6 Å². The number of ether oxygens (including phenoxy) is 1. The number of carbonyl (C=O) groups is 1. The van der Waals surface area contributed by atoms with Gasteiger partial charge in [0.2, 0.25) is 5.95 Å². The van der Waals surface area contributed by atoms with E-state index in [0.717, 1.165) is 0 Å². The number of methoxy groups -OCH3 is 1. The van der Waals surface area contributed by atoms with Crippen molar-refractivity contribution < 1.29 is 36.6 Å². The zero-order chi connectivity index (χ0) is 22.5. The second kappa shape index (κ2) is 9.52. The normalized spacial score (nSPS) is 12.5. The van der Waals surface area contributed by atoms with E-state index in [1.807, 2.05) is 5.32 Å². The molecule has 0 radical (unpaired) electrons. The van der Waals surface area contributed by atoms with Gasteiger partial charge in [-0.2, -0.15) is 18.2 Å². The number of rotatable bonds is 9. The molecule has 30 heavy (non-hydrogen) atoms. The van der Waals surface area contributed by atoms with Crippen LogP contribution < -0.4 is 21.1 Å². The summed E-state index contributed by atoms with van der Waals surface area (Å²) in [4.78, 5) is 18.1. The molecule has 0 aliphatic heterocycles. The predicted molar refractivity (Wildman–Crippen MR) is 97.1 cm³/mol. The molecule has 0 aliphatic rings. The van der Waals surface area contributed by atoms with Gasteiger partial charge in [-0.1, -0.05) is 6.07 Å². The van der Waals surface area contributed by atoms with Crippen LogP contribution in [0, 0.1) is 0 Å². The minimum atomic E-state index is -4.84. The Bertz CT molecular complexity index is 895.